The average molecular weight is 655 g/mol. The van der Waals surface area contributed by atoms with Gasteiger partial charge in [0.15, 0.2) is 0 Å². The van der Waals surface area contributed by atoms with E-state index in [4.69, 9.17) is 9.90 Å². The van der Waals surface area contributed by atoms with Crippen molar-refractivity contribution in [3.05, 3.63) is 70.8 Å². The third-order valence-electron chi connectivity index (χ3n) is 7.98. The molecule has 3 atom stereocenters. The van der Waals surface area contributed by atoms with E-state index in [0.29, 0.717) is 38.4 Å². The van der Waals surface area contributed by atoms with Crippen LogP contribution >= 0.6 is 0 Å². The first kappa shape index (κ1) is 36.4. The van der Waals surface area contributed by atoms with Crippen molar-refractivity contribution in [2.45, 2.75) is 57.4 Å². The summed E-state index contributed by atoms with van der Waals surface area (Å²) in [6.45, 7) is 4.73. The van der Waals surface area contributed by atoms with E-state index >= 15 is 4.39 Å². The Morgan fingerprint density at radius 1 is 1.00 bits per heavy atom. The molecule has 0 bridgehead atoms. The summed E-state index contributed by atoms with van der Waals surface area (Å²) in [6.07, 6.45) is -3.56. The lowest BCUT2D eigenvalue weighted by Gasteiger charge is -2.45. The molecular formula is C32H39F5N4O5. The molecule has 3 unspecified atom stereocenters. The van der Waals surface area contributed by atoms with Gasteiger partial charge in [-0.25, -0.2) is 13.6 Å². The molecule has 46 heavy (non-hydrogen) atoms. The molecule has 1 aliphatic carbocycles. The van der Waals surface area contributed by atoms with Gasteiger partial charge in [0, 0.05) is 31.8 Å². The summed E-state index contributed by atoms with van der Waals surface area (Å²) in [6, 6.07) is 7.69. The summed E-state index contributed by atoms with van der Waals surface area (Å²) < 4.78 is 61.0. The van der Waals surface area contributed by atoms with E-state index in [0.717, 1.165) is 17.2 Å². The van der Waals surface area contributed by atoms with E-state index in [-0.39, 0.29) is 23.3 Å². The van der Waals surface area contributed by atoms with Crippen molar-refractivity contribution in [1.82, 2.24) is 20.0 Å². The Balaban J connectivity index is 0.000000738. The molecule has 4 rings (SSSR count). The Bertz CT molecular complexity index is 1410. The van der Waals surface area contributed by atoms with Crippen molar-refractivity contribution < 1.29 is 46.2 Å². The number of aliphatic carboxylic acids is 1. The smallest absolute Gasteiger partial charge is 0.475 e. The highest BCUT2D eigenvalue weighted by molar-refractivity contribution is 6.00. The molecule has 0 aromatic heterocycles. The number of carboxylic acid groups (broad SMARTS) is 1. The number of carbonyl (C=O) groups excluding carboxylic acids is 3. The van der Waals surface area contributed by atoms with Crippen LogP contribution in [0.5, 0.6) is 0 Å². The van der Waals surface area contributed by atoms with Crippen molar-refractivity contribution in [3.8, 4) is 0 Å². The lowest BCUT2D eigenvalue weighted by molar-refractivity contribution is -0.192. The molecule has 2 aromatic carbocycles. The molecular weight excluding hydrogens is 615 g/mol. The number of nitrogens with one attached hydrogen (secondary N) is 1. The molecule has 0 saturated carbocycles. The van der Waals surface area contributed by atoms with Crippen LogP contribution in [0.2, 0.25) is 0 Å². The molecule has 2 aromatic rings. The SMILES string of the molecule is CC(C)CC1C(=O)NC(C2Cc3ccccc3C2)C(=O)N1C(C(=O)N(C)CCN(C)C)c1ccc(F)cc1F.O=C(O)C(F)(F)F. The van der Waals surface area contributed by atoms with Crippen molar-refractivity contribution in [2.24, 2.45) is 11.8 Å². The summed E-state index contributed by atoms with van der Waals surface area (Å²) in [4.78, 5) is 55.5. The number of carboxylic acids is 1. The van der Waals surface area contributed by atoms with Gasteiger partial charge >= 0.3 is 12.1 Å². The van der Waals surface area contributed by atoms with E-state index < -0.39 is 53.7 Å². The molecule has 1 heterocycles. The number of piperazine rings is 1. The van der Waals surface area contributed by atoms with E-state index in [1.54, 1.807) is 7.05 Å². The molecule has 0 radical (unpaired) electrons. The fourth-order valence-corrected chi connectivity index (χ4v) is 5.67. The molecule has 9 nitrogen and oxygen atoms in total. The highest BCUT2D eigenvalue weighted by Gasteiger charge is 2.50. The van der Waals surface area contributed by atoms with Crippen LogP contribution < -0.4 is 5.32 Å². The van der Waals surface area contributed by atoms with Crippen molar-refractivity contribution >= 4 is 23.7 Å². The van der Waals surface area contributed by atoms with Crippen LogP contribution in [-0.2, 0) is 32.0 Å². The maximum Gasteiger partial charge on any atom is 0.490 e. The predicted octanol–water partition coefficient (Wildman–Crippen LogP) is 3.82. The standard InChI is InChI=1S/C30H38F2N4O3.C2HF3O2/c1-18(2)14-25-28(37)33-26(21-15-19-8-6-7-9-20(19)16-21)29(38)36(25)27(23-11-10-22(31)17-24(23)32)30(39)35(5)13-12-34(3)4;3-2(4,5)1(6)7/h6-11,17-18,21,25-27H,12-16H2,1-5H3,(H,33,37);(H,6,7). The van der Waals surface area contributed by atoms with Gasteiger partial charge in [-0.1, -0.05) is 44.2 Å². The normalized spacial score (nSPS) is 19.0. The first-order valence-corrected chi connectivity index (χ1v) is 14.8. The second-order valence-corrected chi connectivity index (χ2v) is 12.2. The van der Waals surface area contributed by atoms with Crippen LogP contribution in [0.1, 0.15) is 43.0 Å². The number of benzene rings is 2. The van der Waals surface area contributed by atoms with Gasteiger partial charge in [-0.15, -0.1) is 0 Å². The first-order chi connectivity index (χ1) is 21.4. The zero-order valence-corrected chi connectivity index (χ0v) is 26.3. The Morgan fingerprint density at radius 2 is 1.57 bits per heavy atom. The Kier molecular flexibility index (Phi) is 11.9. The van der Waals surface area contributed by atoms with Gasteiger partial charge in [-0.05, 0) is 62.4 Å². The lowest BCUT2D eigenvalue weighted by atomic mass is 9.87. The van der Waals surface area contributed by atoms with Gasteiger partial charge in [-0.3, -0.25) is 14.4 Å². The minimum Gasteiger partial charge on any atom is -0.475 e. The van der Waals surface area contributed by atoms with Gasteiger partial charge < -0.3 is 25.1 Å². The maximum absolute atomic E-state index is 15.3. The molecule has 2 N–H and O–H groups in total. The zero-order valence-electron chi connectivity index (χ0n) is 26.3. The maximum atomic E-state index is 15.3. The number of hydrogen-bond acceptors (Lipinski definition) is 5. The number of halogens is 5. The molecule has 0 spiro atoms. The number of fused-ring (bicyclic) bond motifs is 1. The number of carbonyl (C=O) groups is 4. The number of rotatable bonds is 9. The van der Waals surface area contributed by atoms with E-state index in [1.807, 2.05) is 57.1 Å². The number of hydrogen-bond donors (Lipinski definition) is 2. The first-order valence-electron chi connectivity index (χ1n) is 14.8. The van der Waals surface area contributed by atoms with E-state index in [2.05, 4.69) is 5.32 Å². The van der Waals surface area contributed by atoms with Crippen molar-refractivity contribution in [1.29, 1.82) is 0 Å². The quantitative estimate of drug-likeness (QED) is 0.398. The lowest BCUT2D eigenvalue weighted by Crippen LogP contribution is -2.67. The molecule has 14 heteroatoms. The molecule has 3 amide bonds. The van der Waals surface area contributed by atoms with Crippen molar-refractivity contribution in [3.63, 3.8) is 0 Å². The average Bonchev–Trinajstić information content (AvgIpc) is 3.39. The van der Waals surface area contributed by atoms with E-state index in [1.165, 1.54) is 15.9 Å². The van der Waals surface area contributed by atoms with Gasteiger partial charge in [0.05, 0.1) is 0 Å². The number of amides is 3. The third kappa shape index (κ3) is 8.80. The van der Waals surface area contributed by atoms with Crippen LogP contribution in [-0.4, -0.2) is 96.0 Å². The van der Waals surface area contributed by atoms with Crippen molar-refractivity contribution in [2.75, 3.05) is 34.2 Å². The number of nitrogens with zero attached hydrogens (tertiary/aromatic N) is 3. The highest BCUT2D eigenvalue weighted by Crippen LogP contribution is 2.36. The minimum absolute atomic E-state index is 0.0172. The van der Waals surface area contributed by atoms with Gasteiger partial charge in [0.2, 0.25) is 17.7 Å². The van der Waals surface area contributed by atoms with E-state index in [9.17, 15) is 31.9 Å². The minimum atomic E-state index is -5.08. The predicted molar refractivity (Wildman–Crippen MR) is 158 cm³/mol. The topological polar surface area (TPSA) is 110 Å². The summed E-state index contributed by atoms with van der Waals surface area (Å²) in [5.41, 5.74) is 2.13. The fourth-order valence-electron chi connectivity index (χ4n) is 5.67. The second-order valence-electron chi connectivity index (χ2n) is 12.2. The fraction of sp³-hybridized carbons (Fsp3) is 0.500. The molecule has 1 aliphatic heterocycles. The largest absolute Gasteiger partial charge is 0.490 e. The third-order valence-corrected chi connectivity index (χ3v) is 7.98. The van der Waals surface area contributed by atoms with Gasteiger partial charge in [0.25, 0.3) is 0 Å². The number of likely N-dealkylation sites (N-methyl/N-ethyl adjacent to an activating group) is 2. The second kappa shape index (κ2) is 15.0. The van der Waals surface area contributed by atoms with Crippen LogP contribution in [0.4, 0.5) is 22.0 Å². The Labute approximate surface area is 264 Å². The summed E-state index contributed by atoms with van der Waals surface area (Å²) >= 11 is 0. The van der Waals surface area contributed by atoms with Gasteiger partial charge in [-0.2, -0.15) is 13.2 Å². The summed E-state index contributed by atoms with van der Waals surface area (Å²) in [5.74, 6) is -5.94. The molecule has 1 saturated heterocycles. The van der Waals surface area contributed by atoms with Gasteiger partial charge in [0.1, 0.15) is 29.8 Å². The van der Waals surface area contributed by atoms with Crippen LogP contribution in [0.15, 0.2) is 42.5 Å². The molecule has 252 valence electrons. The monoisotopic (exact) mass is 654 g/mol. The zero-order chi connectivity index (χ0) is 34.5. The Hall–Kier alpha value is -4.07. The van der Waals surface area contributed by atoms with Crippen LogP contribution in [0.3, 0.4) is 0 Å². The van der Waals surface area contributed by atoms with Crippen LogP contribution in [0, 0.1) is 23.5 Å². The highest BCUT2D eigenvalue weighted by atomic mass is 19.4. The molecule has 1 fully saturated rings. The van der Waals surface area contributed by atoms with Crippen LogP contribution in [0.25, 0.3) is 0 Å². The Morgan fingerprint density at radius 3 is 2.04 bits per heavy atom. The molecule has 2 aliphatic rings. The summed E-state index contributed by atoms with van der Waals surface area (Å²) in [5, 5.41) is 10.1. The summed E-state index contributed by atoms with van der Waals surface area (Å²) in [7, 11) is 5.34. The number of alkyl halides is 3.